The first kappa shape index (κ1) is 11.8. The van der Waals surface area contributed by atoms with E-state index in [9.17, 15) is 9.90 Å². The number of hydrogen-bond donors (Lipinski definition) is 3. The molecule has 0 aromatic carbocycles. The van der Waals surface area contributed by atoms with Gasteiger partial charge in [-0.05, 0) is 25.2 Å². The lowest BCUT2D eigenvalue weighted by atomic mass is 10.2. The van der Waals surface area contributed by atoms with Gasteiger partial charge in [0.05, 0.1) is 18.2 Å². The van der Waals surface area contributed by atoms with E-state index in [1.807, 2.05) is 0 Å². The molecule has 5 heteroatoms. The summed E-state index contributed by atoms with van der Waals surface area (Å²) in [7, 11) is 1.66. The maximum atomic E-state index is 11.7. The quantitative estimate of drug-likeness (QED) is 0.579. The highest BCUT2D eigenvalue weighted by Gasteiger charge is 2.32. The highest BCUT2D eigenvalue weighted by molar-refractivity contribution is 5.82. The van der Waals surface area contributed by atoms with Crippen LogP contribution in [0.2, 0.25) is 0 Å². The molecule has 2 fully saturated rings. The fourth-order valence-electron chi connectivity index (χ4n) is 2.06. The Labute approximate surface area is 95.5 Å². The van der Waals surface area contributed by atoms with Crippen LogP contribution < -0.4 is 10.6 Å². The molecule has 92 valence electrons. The lowest BCUT2D eigenvalue weighted by Crippen LogP contribution is -2.43. The Balaban J connectivity index is 1.67. The molecule has 1 saturated heterocycles. The summed E-state index contributed by atoms with van der Waals surface area (Å²) in [4.78, 5) is 11.7. The number of carbonyl (C=O) groups is 1. The summed E-state index contributed by atoms with van der Waals surface area (Å²) in [5.41, 5.74) is 0. The average molecular weight is 228 g/mol. The molecule has 1 aliphatic carbocycles. The predicted molar refractivity (Wildman–Crippen MR) is 58.9 cm³/mol. The number of methoxy groups -OCH3 is 1. The molecular formula is C11H20N2O3. The van der Waals surface area contributed by atoms with E-state index >= 15 is 0 Å². The van der Waals surface area contributed by atoms with Gasteiger partial charge in [0, 0.05) is 20.2 Å². The van der Waals surface area contributed by atoms with E-state index in [0.717, 1.165) is 19.4 Å². The van der Waals surface area contributed by atoms with Crippen LogP contribution in [0.1, 0.15) is 19.3 Å². The minimum absolute atomic E-state index is 0.0285. The molecule has 3 N–H and O–H groups in total. The van der Waals surface area contributed by atoms with Crippen molar-refractivity contribution in [1.29, 1.82) is 0 Å². The number of rotatable bonds is 5. The van der Waals surface area contributed by atoms with Gasteiger partial charge in [-0.3, -0.25) is 4.79 Å². The first-order valence-electron chi connectivity index (χ1n) is 5.92. The van der Waals surface area contributed by atoms with E-state index in [2.05, 4.69) is 10.6 Å². The highest BCUT2D eigenvalue weighted by atomic mass is 16.5. The van der Waals surface area contributed by atoms with Crippen LogP contribution in [-0.4, -0.2) is 49.5 Å². The van der Waals surface area contributed by atoms with Crippen LogP contribution in [0.5, 0.6) is 0 Å². The molecule has 0 bridgehead atoms. The molecule has 1 amide bonds. The second kappa shape index (κ2) is 5.12. The van der Waals surface area contributed by atoms with Crippen LogP contribution in [0.4, 0.5) is 0 Å². The largest absolute Gasteiger partial charge is 0.391 e. The molecule has 0 spiro atoms. The summed E-state index contributed by atoms with van der Waals surface area (Å²) in [5.74, 6) is 0.378. The van der Waals surface area contributed by atoms with Crippen LogP contribution in [-0.2, 0) is 9.53 Å². The first-order chi connectivity index (χ1) is 7.70. The van der Waals surface area contributed by atoms with Crippen LogP contribution in [0, 0.1) is 5.92 Å². The fraction of sp³-hybridized carbons (Fsp3) is 0.909. The van der Waals surface area contributed by atoms with Gasteiger partial charge in [-0.15, -0.1) is 0 Å². The summed E-state index contributed by atoms with van der Waals surface area (Å²) in [6.07, 6.45) is 2.64. The molecule has 16 heavy (non-hydrogen) atoms. The zero-order chi connectivity index (χ0) is 11.5. The number of ether oxygens (including phenoxy) is 1. The third-order valence-corrected chi connectivity index (χ3v) is 3.39. The first-order valence-corrected chi connectivity index (χ1v) is 5.92. The lowest BCUT2D eigenvalue weighted by molar-refractivity contribution is -0.123. The molecule has 1 aliphatic heterocycles. The number of aliphatic hydroxyl groups excluding tert-OH is 1. The van der Waals surface area contributed by atoms with Gasteiger partial charge in [0.25, 0.3) is 0 Å². The normalized spacial score (nSPS) is 31.4. The number of amides is 1. The van der Waals surface area contributed by atoms with Crippen LogP contribution in [0.25, 0.3) is 0 Å². The molecule has 1 saturated carbocycles. The zero-order valence-electron chi connectivity index (χ0n) is 9.61. The van der Waals surface area contributed by atoms with Crippen molar-refractivity contribution in [2.45, 2.75) is 37.5 Å². The third kappa shape index (κ3) is 2.93. The molecule has 2 rings (SSSR count). The van der Waals surface area contributed by atoms with Gasteiger partial charge in [0.15, 0.2) is 0 Å². The van der Waals surface area contributed by atoms with Gasteiger partial charge in [0.1, 0.15) is 0 Å². The zero-order valence-corrected chi connectivity index (χ0v) is 9.61. The maximum Gasteiger partial charge on any atom is 0.237 e. The predicted octanol–water partition coefficient (Wildman–Crippen LogP) is -0.750. The molecule has 5 nitrogen and oxygen atoms in total. The summed E-state index contributed by atoms with van der Waals surface area (Å²) >= 11 is 0. The Morgan fingerprint density at radius 1 is 1.62 bits per heavy atom. The Morgan fingerprint density at radius 2 is 2.38 bits per heavy atom. The van der Waals surface area contributed by atoms with Crippen molar-refractivity contribution in [1.82, 2.24) is 10.6 Å². The van der Waals surface area contributed by atoms with E-state index in [1.165, 1.54) is 0 Å². The second-order valence-corrected chi connectivity index (χ2v) is 4.70. The van der Waals surface area contributed by atoms with Gasteiger partial charge >= 0.3 is 0 Å². The summed E-state index contributed by atoms with van der Waals surface area (Å²) in [6, 6.07) is -0.170. The Bertz CT molecular complexity index is 256. The molecule has 3 atom stereocenters. The van der Waals surface area contributed by atoms with Crippen molar-refractivity contribution in [2.24, 2.45) is 5.92 Å². The summed E-state index contributed by atoms with van der Waals surface area (Å²) < 4.78 is 5.17. The second-order valence-electron chi connectivity index (χ2n) is 4.70. The lowest BCUT2D eigenvalue weighted by Gasteiger charge is -2.14. The van der Waals surface area contributed by atoms with Crippen molar-refractivity contribution in [3.8, 4) is 0 Å². The van der Waals surface area contributed by atoms with Crippen molar-refractivity contribution in [3.05, 3.63) is 0 Å². The SMILES string of the molecule is COC1CNC(C(=O)NCC(O)C2CC2)C1. The Hall–Kier alpha value is -0.650. The molecule has 2 aliphatic rings. The molecule has 0 aromatic rings. The smallest absolute Gasteiger partial charge is 0.237 e. The Kier molecular flexibility index (Phi) is 3.78. The van der Waals surface area contributed by atoms with E-state index in [1.54, 1.807) is 7.11 Å². The van der Waals surface area contributed by atoms with Gasteiger partial charge in [-0.1, -0.05) is 0 Å². The fourth-order valence-corrected chi connectivity index (χ4v) is 2.06. The Morgan fingerprint density at radius 3 is 2.94 bits per heavy atom. The third-order valence-electron chi connectivity index (χ3n) is 3.39. The molecule has 0 radical (unpaired) electrons. The van der Waals surface area contributed by atoms with E-state index < -0.39 is 0 Å². The van der Waals surface area contributed by atoms with Gasteiger partial charge in [0.2, 0.25) is 5.91 Å². The minimum atomic E-state index is -0.372. The topological polar surface area (TPSA) is 70.6 Å². The standard InChI is InChI=1S/C11H20N2O3/c1-16-8-4-9(12-5-8)11(15)13-6-10(14)7-2-3-7/h7-10,12,14H,2-6H2,1H3,(H,13,15). The molecule has 1 heterocycles. The summed E-state index contributed by atoms with van der Waals surface area (Å²) in [5, 5.41) is 15.5. The van der Waals surface area contributed by atoms with E-state index in [0.29, 0.717) is 18.9 Å². The van der Waals surface area contributed by atoms with Crippen molar-refractivity contribution in [2.75, 3.05) is 20.2 Å². The molecule has 0 aromatic heterocycles. The van der Waals surface area contributed by atoms with E-state index in [-0.39, 0.29) is 24.2 Å². The van der Waals surface area contributed by atoms with Crippen LogP contribution in [0.3, 0.4) is 0 Å². The van der Waals surface area contributed by atoms with Gasteiger partial charge in [-0.2, -0.15) is 0 Å². The molecular weight excluding hydrogens is 208 g/mol. The van der Waals surface area contributed by atoms with Gasteiger partial charge < -0.3 is 20.5 Å². The van der Waals surface area contributed by atoms with Gasteiger partial charge in [-0.25, -0.2) is 0 Å². The average Bonchev–Trinajstić information content (AvgIpc) is 3.03. The molecule has 3 unspecified atom stereocenters. The van der Waals surface area contributed by atoms with Crippen LogP contribution >= 0.6 is 0 Å². The summed E-state index contributed by atoms with van der Waals surface area (Å²) in [6.45, 7) is 1.10. The van der Waals surface area contributed by atoms with Crippen molar-refractivity contribution < 1.29 is 14.6 Å². The number of hydrogen-bond acceptors (Lipinski definition) is 4. The number of carbonyl (C=O) groups excluding carboxylic acids is 1. The monoisotopic (exact) mass is 228 g/mol. The van der Waals surface area contributed by atoms with Crippen molar-refractivity contribution >= 4 is 5.91 Å². The van der Waals surface area contributed by atoms with E-state index in [4.69, 9.17) is 4.74 Å². The highest BCUT2D eigenvalue weighted by Crippen LogP contribution is 2.32. The number of aliphatic hydroxyl groups is 1. The van der Waals surface area contributed by atoms with Crippen molar-refractivity contribution in [3.63, 3.8) is 0 Å². The minimum Gasteiger partial charge on any atom is -0.391 e. The van der Waals surface area contributed by atoms with Crippen LogP contribution in [0.15, 0.2) is 0 Å². The maximum absolute atomic E-state index is 11.7. The number of nitrogens with one attached hydrogen (secondary N) is 2.